The lowest BCUT2D eigenvalue weighted by atomic mass is 10.3. The highest BCUT2D eigenvalue weighted by atomic mass is 127. The number of halogens is 2. The normalized spacial score (nSPS) is 10.1. The van der Waals surface area contributed by atoms with Gasteiger partial charge in [-0.2, -0.15) is 0 Å². The van der Waals surface area contributed by atoms with Gasteiger partial charge in [-0.1, -0.05) is 23.5 Å². The van der Waals surface area contributed by atoms with Gasteiger partial charge in [0.1, 0.15) is 0 Å². The van der Waals surface area contributed by atoms with Crippen molar-refractivity contribution in [1.82, 2.24) is 10.2 Å². The Kier molecular flexibility index (Phi) is 3.72. The summed E-state index contributed by atoms with van der Waals surface area (Å²) >= 11 is 8.80. The molecule has 0 aliphatic rings. The molecule has 82 valence electrons. The van der Waals surface area contributed by atoms with E-state index in [1.807, 2.05) is 24.3 Å². The number of para-hydroxylation sites is 1. The van der Waals surface area contributed by atoms with Crippen LogP contribution in [0.2, 0.25) is 4.47 Å². The van der Waals surface area contributed by atoms with Crippen molar-refractivity contribution in [2.75, 3.05) is 5.32 Å². The van der Waals surface area contributed by atoms with E-state index in [4.69, 9.17) is 11.6 Å². The van der Waals surface area contributed by atoms with Crippen molar-refractivity contribution < 1.29 is 4.79 Å². The second-order valence-corrected chi connectivity index (χ2v) is 5.52. The zero-order chi connectivity index (χ0) is 11.5. The summed E-state index contributed by atoms with van der Waals surface area (Å²) in [5, 5.41) is 10.2. The summed E-state index contributed by atoms with van der Waals surface area (Å²) in [6.45, 7) is 0. The van der Waals surface area contributed by atoms with Gasteiger partial charge >= 0.3 is 0 Å². The molecule has 1 aromatic heterocycles. The molecule has 1 heterocycles. The predicted molar refractivity (Wildman–Crippen MR) is 72.0 cm³/mol. The molecule has 2 aromatic rings. The van der Waals surface area contributed by atoms with Gasteiger partial charge < -0.3 is 5.32 Å². The second kappa shape index (κ2) is 5.07. The number of hydrogen-bond donors (Lipinski definition) is 1. The first-order chi connectivity index (χ1) is 7.66. The van der Waals surface area contributed by atoms with Crippen LogP contribution in [-0.4, -0.2) is 16.1 Å². The van der Waals surface area contributed by atoms with Crippen molar-refractivity contribution in [2.45, 2.75) is 0 Å². The van der Waals surface area contributed by atoms with Crippen molar-refractivity contribution in [2.24, 2.45) is 0 Å². The van der Waals surface area contributed by atoms with Crippen LogP contribution in [0.15, 0.2) is 24.3 Å². The molecule has 0 spiro atoms. The highest BCUT2D eigenvalue weighted by Crippen LogP contribution is 2.20. The molecule has 0 atom stereocenters. The zero-order valence-corrected chi connectivity index (χ0v) is 11.5. The van der Waals surface area contributed by atoms with Crippen molar-refractivity contribution >= 4 is 57.1 Å². The number of hydrogen-bond acceptors (Lipinski definition) is 4. The molecule has 1 aromatic carbocycles. The Hall–Kier alpha value is -0.730. The average Bonchev–Trinajstić information content (AvgIpc) is 2.68. The quantitative estimate of drug-likeness (QED) is 0.832. The van der Waals surface area contributed by atoms with E-state index in [0.29, 0.717) is 0 Å². The van der Waals surface area contributed by atoms with Crippen LogP contribution in [0, 0.1) is 3.57 Å². The predicted octanol–water partition coefficient (Wildman–Crippen LogP) is 3.05. The molecular weight excluding hydrogens is 361 g/mol. The Morgan fingerprint density at radius 1 is 1.38 bits per heavy atom. The molecule has 0 aliphatic heterocycles. The zero-order valence-electron chi connectivity index (χ0n) is 7.78. The number of nitrogens with zero attached hydrogens (tertiary/aromatic N) is 2. The Morgan fingerprint density at radius 2 is 2.12 bits per heavy atom. The monoisotopic (exact) mass is 365 g/mol. The number of benzene rings is 1. The number of nitrogens with one attached hydrogen (secondary N) is 1. The third-order valence-corrected chi connectivity index (χ3v) is 3.67. The third-order valence-electron chi connectivity index (χ3n) is 1.72. The van der Waals surface area contributed by atoms with Crippen molar-refractivity contribution in [3.8, 4) is 0 Å². The van der Waals surface area contributed by atoms with Crippen LogP contribution in [-0.2, 0) is 0 Å². The van der Waals surface area contributed by atoms with Crippen LogP contribution in [0.3, 0.4) is 0 Å². The van der Waals surface area contributed by atoms with Gasteiger partial charge in [-0.3, -0.25) is 4.79 Å². The van der Waals surface area contributed by atoms with Crippen LogP contribution >= 0.6 is 45.5 Å². The molecule has 0 unspecified atom stereocenters. The van der Waals surface area contributed by atoms with Gasteiger partial charge in [0.15, 0.2) is 0 Å². The van der Waals surface area contributed by atoms with E-state index < -0.39 is 0 Å². The molecule has 0 saturated heterocycles. The number of anilines is 1. The molecule has 0 fully saturated rings. The molecule has 1 amide bonds. The van der Waals surface area contributed by atoms with Crippen LogP contribution in [0.4, 0.5) is 5.69 Å². The number of carbonyl (C=O) groups excluding carboxylic acids is 1. The topological polar surface area (TPSA) is 54.9 Å². The number of amides is 1. The summed E-state index contributed by atoms with van der Waals surface area (Å²) in [4.78, 5) is 11.7. The van der Waals surface area contributed by atoms with Crippen molar-refractivity contribution in [3.05, 3.63) is 37.3 Å². The first kappa shape index (κ1) is 11.7. The summed E-state index contributed by atoms with van der Waals surface area (Å²) in [7, 11) is 0. The first-order valence-corrected chi connectivity index (χ1v) is 6.49. The van der Waals surface area contributed by atoms with Crippen LogP contribution in [0.25, 0.3) is 0 Å². The summed E-state index contributed by atoms with van der Waals surface area (Å²) < 4.78 is 1.22. The number of rotatable bonds is 2. The Bertz CT molecular complexity index is 531. The molecule has 7 heteroatoms. The molecule has 0 radical (unpaired) electrons. The van der Waals surface area contributed by atoms with E-state index in [9.17, 15) is 4.79 Å². The average molecular weight is 366 g/mol. The van der Waals surface area contributed by atoms with E-state index in [0.717, 1.165) is 20.6 Å². The molecule has 4 nitrogen and oxygen atoms in total. The smallest absolute Gasteiger partial charge is 0.286 e. The van der Waals surface area contributed by atoms with Gasteiger partial charge in [0.2, 0.25) is 9.47 Å². The lowest BCUT2D eigenvalue weighted by Gasteiger charge is -2.04. The minimum Gasteiger partial charge on any atom is -0.319 e. The summed E-state index contributed by atoms with van der Waals surface area (Å²) in [5.41, 5.74) is 0.749. The molecule has 0 aliphatic carbocycles. The summed E-state index contributed by atoms with van der Waals surface area (Å²) in [5.74, 6) is -0.298. The van der Waals surface area contributed by atoms with E-state index in [1.165, 1.54) is 0 Å². The van der Waals surface area contributed by atoms with E-state index in [-0.39, 0.29) is 15.4 Å². The van der Waals surface area contributed by atoms with Gasteiger partial charge in [-0.15, -0.1) is 10.2 Å². The van der Waals surface area contributed by atoms with Crippen LogP contribution in [0.5, 0.6) is 0 Å². The summed E-state index contributed by atoms with van der Waals surface area (Å²) in [6, 6.07) is 7.48. The van der Waals surface area contributed by atoms with E-state index in [1.54, 1.807) is 0 Å². The largest absolute Gasteiger partial charge is 0.319 e. The highest BCUT2D eigenvalue weighted by molar-refractivity contribution is 14.1. The Labute approximate surface area is 114 Å². The highest BCUT2D eigenvalue weighted by Gasteiger charge is 2.12. The third kappa shape index (κ3) is 2.69. The lowest BCUT2D eigenvalue weighted by molar-refractivity contribution is 0.102. The maximum atomic E-state index is 11.7. The molecule has 0 bridgehead atoms. The fourth-order valence-corrected chi connectivity index (χ4v) is 2.28. The minimum absolute atomic E-state index is 0.254. The van der Waals surface area contributed by atoms with Crippen LogP contribution in [0.1, 0.15) is 9.80 Å². The first-order valence-electron chi connectivity index (χ1n) is 4.21. The van der Waals surface area contributed by atoms with Gasteiger partial charge in [-0.05, 0) is 46.3 Å². The SMILES string of the molecule is O=C(Nc1ccccc1I)c1nnc(Cl)s1. The standard InChI is InChI=1S/C9H5ClIN3OS/c10-9-14-13-8(16-9)7(15)12-6-4-2-1-3-5(6)11/h1-4H,(H,12,15). The molecular formula is C9H5ClIN3OS. The van der Waals surface area contributed by atoms with Crippen molar-refractivity contribution in [1.29, 1.82) is 0 Å². The summed E-state index contributed by atoms with van der Waals surface area (Å²) in [6.07, 6.45) is 0. The second-order valence-electron chi connectivity index (χ2n) is 2.79. The molecule has 2 rings (SSSR count). The fourth-order valence-electron chi connectivity index (χ4n) is 1.04. The van der Waals surface area contributed by atoms with Gasteiger partial charge in [-0.25, -0.2) is 0 Å². The molecule has 1 N–H and O–H groups in total. The van der Waals surface area contributed by atoms with E-state index in [2.05, 4.69) is 38.1 Å². The van der Waals surface area contributed by atoms with Gasteiger partial charge in [0.05, 0.1) is 5.69 Å². The van der Waals surface area contributed by atoms with E-state index >= 15 is 0 Å². The lowest BCUT2D eigenvalue weighted by Crippen LogP contribution is -2.12. The maximum Gasteiger partial charge on any atom is 0.286 e. The van der Waals surface area contributed by atoms with Crippen LogP contribution < -0.4 is 5.32 Å². The maximum absolute atomic E-state index is 11.7. The van der Waals surface area contributed by atoms with Gasteiger partial charge in [0.25, 0.3) is 5.91 Å². The molecule has 0 saturated carbocycles. The Balaban J connectivity index is 2.17. The minimum atomic E-state index is -0.298. The number of aromatic nitrogens is 2. The Morgan fingerprint density at radius 3 is 2.75 bits per heavy atom. The van der Waals surface area contributed by atoms with Gasteiger partial charge in [0, 0.05) is 3.57 Å². The number of carbonyl (C=O) groups is 1. The molecule has 16 heavy (non-hydrogen) atoms. The fraction of sp³-hybridized carbons (Fsp3) is 0. The van der Waals surface area contributed by atoms with Crippen molar-refractivity contribution in [3.63, 3.8) is 0 Å².